The highest BCUT2D eigenvalue weighted by Gasteiger charge is 1.98. The Morgan fingerprint density at radius 1 is 0.870 bits per heavy atom. The van der Waals surface area contributed by atoms with E-state index in [0.717, 1.165) is 0 Å². The van der Waals surface area contributed by atoms with Gasteiger partial charge in [-0.05, 0) is 31.3 Å². The highest BCUT2D eigenvalue weighted by Crippen LogP contribution is 2.09. The van der Waals surface area contributed by atoms with Gasteiger partial charge in [-0.15, -0.1) is 0 Å². The summed E-state index contributed by atoms with van der Waals surface area (Å²) in [7, 11) is 1.50. The number of hydrogen-bond donors (Lipinski definition) is 1. The van der Waals surface area contributed by atoms with Gasteiger partial charge in [0, 0.05) is 18.0 Å². The number of ether oxygens (including phenoxy) is 2. The van der Waals surface area contributed by atoms with E-state index in [1.54, 1.807) is 43.3 Å². The van der Waals surface area contributed by atoms with Crippen LogP contribution in [0.1, 0.15) is 13.3 Å². The van der Waals surface area contributed by atoms with Crippen LogP contribution >= 0.6 is 11.6 Å². The van der Waals surface area contributed by atoms with Crippen molar-refractivity contribution in [3.8, 4) is 11.5 Å². The fraction of sp³-hybridized carbons (Fsp3) is 0.176. The standard InChI is InChI=1S/C9H10O2.C7H5ClO2.CH5N/c1-2-9(10)11-8-6-4-3-5-7-8;8-7(9)10-6-4-2-1-3-5-6;1-2/h3-7H,2H2,1H3;1-5H;2H2,1H3. The first-order valence-electron chi connectivity index (χ1n) is 6.87. The maximum atomic E-state index is 10.8. The molecule has 23 heavy (non-hydrogen) atoms. The topological polar surface area (TPSA) is 78.6 Å². The van der Waals surface area contributed by atoms with E-state index in [2.05, 4.69) is 10.5 Å². The first-order chi connectivity index (χ1) is 11.1. The van der Waals surface area contributed by atoms with Gasteiger partial charge in [-0.1, -0.05) is 43.3 Å². The van der Waals surface area contributed by atoms with Gasteiger partial charge >= 0.3 is 11.4 Å². The van der Waals surface area contributed by atoms with Gasteiger partial charge in [-0.25, -0.2) is 4.79 Å². The molecular weight excluding hydrogens is 318 g/mol. The summed E-state index contributed by atoms with van der Waals surface area (Å²) >= 11 is 4.95. The normalized spacial score (nSPS) is 8.52. The van der Waals surface area contributed by atoms with Crippen molar-refractivity contribution in [1.82, 2.24) is 0 Å². The van der Waals surface area contributed by atoms with Gasteiger partial charge in [0.25, 0.3) is 0 Å². The predicted octanol–water partition coefficient (Wildman–Crippen LogP) is 4.00. The van der Waals surface area contributed by atoms with Crippen LogP contribution in [0.4, 0.5) is 4.79 Å². The van der Waals surface area contributed by atoms with Crippen molar-refractivity contribution in [2.24, 2.45) is 5.73 Å². The molecule has 0 bridgehead atoms. The molecule has 2 N–H and O–H groups in total. The fourth-order valence-corrected chi connectivity index (χ4v) is 1.36. The van der Waals surface area contributed by atoms with Crippen molar-refractivity contribution in [3.05, 3.63) is 60.7 Å². The first-order valence-corrected chi connectivity index (χ1v) is 7.25. The molecule has 5 nitrogen and oxygen atoms in total. The van der Waals surface area contributed by atoms with E-state index in [-0.39, 0.29) is 5.97 Å². The van der Waals surface area contributed by atoms with E-state index < -0.39 is 5.43 Å². The molecule has 0 heterocycles. The summed E-state index contributed by atoms with van der Waals surface area (Å²) < 4.78 is 9.47. The molecule has 2 rings (SSSR count). The Morgan fingerprint density at radius 3 is 1.61 bits per heavy atom. The minimum atomic E-state index is -0.814. The van der Waals surface area contributed by atoms with Gasteiger partial charge < -0.3 is 15.2 Å². The maximum Gasteiger partial charge on any atom is 0.409 e. The smallest absolute Gasteiger partial charge is 0.409 e. The zero-order chi connectivity index (χ0) is 17.5. The van der Waals surface area contributed by atoms with Crippen LogP contribution < -0.4 is 15.2 Å². The minimum absolute atomic E-state index is 0.198. The molecule has 6 heteroatoms. The lowest BCUT2D eigenvalue weighted by molar-refractivity contribution is -0.134. The molecule has 0 amide bonds. The summed E-state index contributed by atoms with van der Waals surface area (Å²) in [4.78, 5) is 20.9. The van der Waals surface area contributed by atoms with E-state index >= 15 is 0 Å². The summed E-state index contributed by atoms with van der Waals surface area (Å²) in [5.41, 5.74) is 3.69. The van der Waals surface area contributed by atoms with Crippen molar-refractivity contribution < 1.29 is 19.1 Å². The SMILES string of the molecule is CCC(=O)Oc1ccccc1.CN.O=C(Cl)Oc1ccccc1. The van der Waals surface area contributed by atoms with Gasteiger partial charge in [0.2, 0.25) is 0 Å². The van der Waals surface area contributed by atoms with Crippen LogP contribution in [-0.2, 0) is 4.79 Å². The largest absolute Gasteiger partial charge is 0.427 e. The average molecular weight is 338 g/mol. The molecule has 0 aliphatic heterocycles. The Hall–Kier alpha value is -2.37. The number of benzene rings is 2. The number of carbonyl (C=O) groups excluding carboxylic acids is 2. The van der Waals surface area contributed by atoms with Gasteiger partial charge in [-0.2, -0.15) is 0 Å². The third-order valence-electron chi connectivity index (χ3n) is 2.20. The van der Waals surface area contributed by atoms with E-state index in [1.165, 1.54) is 7.05 Å². The minimum Gasteiger partial charge on any atom is -0.427 e. The molecule has 0 aliphatic carbocycles. The Bertz CT molecular complexity index is 561. The van der Waals surface area contributed by atoms with E-state index in [0.29, 0.717) is 17.9 Å². The molecule has 0 spiro atoms. The molecule has 124 valence electrons. The van der Waals surface area contributed by atoms with Crippen LogP contribution in [-0.4, -0.2) is 18.4 Å². The van der Waals surface area contributed by atoms with Crippen molar-refractivity contribution in [2.45, 2.75) is 13.3 Å². The zero-order valence-electron chi connectivity index (χ0n) is 13.1. The predicted molar refractivity (Wildman–Crippen MR) is 90.8 cm³/mol. The molecule has 0 saturated heterocycles. The summed E-state index contributed by atoms with van der Waals surface area (Å²) in [6.07, 6.45) is 0.412. The van der Waals surface area contributed by atoms with Crippen molar-refractivity contribution in [3.63, 3.8) is 0 Å². The van der Waals surface area contributed by atoms with Gasteiger partial charge in [0.05, 0.1) is 0 Å². The van der Waals surface area contributed by atoms with Crippen molar-refractivity contribution >= 4 is 23.0 Å². The van der Waals surface area contributed by atoms with E-state index in [9.17, 15) is 9.59 Å². The third kappa shape index (κ3) is 10.9. The lowest BCUT2D eigenvalue weighted by atomic mass is 10.3. The Kier molecular flexibility index (Phi) is 11.9. The third-order valence-corrected chi connectivity index (χ3v) is 2.28. The lowest BCUT2D eigenvalue weighted by Crippen LogP contribution is -2.04. The second kappa shape index (κ2) is 13.3. The Labute approximate surface area is 141 Å². The molecule has 0 aromatic heterocycles. The number of nitrogens with two attached hydrogens (primary N) is 1. The Balaban J connectivity index is 0.000000381. The summed E-state index contributed by atoms with van der Waals surface area (Å²) in [6, 6.07) is 17.7. The fourth-order valence-electron chi connectivity index (χ4n) is 1.27. The summed E-state index contributed by atoms with van der Waals surface area (Å²) in [5.74, 6) is 0.873. The molecule has 0 fully saturated rings. The lowest BCUT2D eigenvalue weighted by Gasteiger charge is -1.99. The number of esters is 1. The van der Waals surface area contributed by atoms with Gasteiger partial charge in [0.1, 0.15) is 11.5 Å². The van der Waals surface area contributed by atoms with Crippen molar-refractivity contribution in [2.75, 3.05) is 7.05 Å². The Morgan fingerprint density at radius 2 is 1.26 bits per heavy atom. The van der Waals surface area contributed by atoms with Crippen molar-refractivity contribution in [1.29, 1.82) is 0 Å². The second-order valence-electron chi connectivity index (χ2n) is 3.79. The van der Waals surface area contributed by atoms with Crippen LogP contribution in [0.15, 0.2) is 60.7 Å². The maximum absolute atomic E-state index is 10.8. The van der Waals surface area contributed by atoms with Gasteiger partial charge in [0.15, 0.2) is 0 Å². The molecular formula is C17H20ClNO4. The first kappa shape index (κ1) is 20.6. The molecule has 0 atom stereocenters. The molecule has 0 radical (unpaired) electrons. The van der Waals surface area contributed by atoms with Crippen LogP contribution in [0.2, 0.25) is 0 Å². The van der Waals surface area contributed by atoms with Crippen LogP contribution in [0.3, 0.4) is 0 Å². The zero-order valence-corrected chi connectivity index (χ0v) is 13.8. The van der Waals surface area contributed by atoms with E-state index in [4.69, 9.17) is 16.3 Å². The van der Waals surface area contributed by atoms with Crippen LogP contribution in [0.5, 0.6) is 11.5 Å². The number of carbonyl (C=O) groups is 2. The number of halogens is 1. The molecule has 0 aliphatic rings. The molecule has 0 unspecified atom stereocenters. The van der Waals surface area contributed by atoms with Gasteiger partial charge in [-0.3, -0.25) is 4.79 Å². The van der Waals surface area contributed by atoms with E-state index in [1.807, 2.05) is 24.3 Å². The highest BCUT2D eigenvalue weighted by atomic mass is 35.5. The highest BCUT2D eigenvalue weighted by molar-refractivity contribution is 6.61. The summed E-state index contributed by atoms with van der Waals surface area (Å²) in [6.45, 7) is 1.77. The quantitative estimate of drug-likeness (QED) is 0.520. The summed E-state index contributed by atoms with van der Waals surface area (Å²) in [5, 5.41) is 0. The number of rotatable bonds is 3. The number of para-hydroxylation sites is 2. The molecule has 2 aromatic rings. The molecule has 2 aromatic carbocycles. The number of hydrogen-bond acceptors (Lipinski definition) is 5. The average Bonchev–Trinajstić information content (AvgIpc) is 2.58. The van der Waals surface area contributed by atoms with Crippen LogP contribution in [0, 0.1) is 0 Å². The van der Waals surface area contributed by atoms with Crippen LogP contribution in [0.25, 0.3) is 0 Å². The second-order valence-corrected chi connectivity index (χ2v) is 4.10. The monoisotopic (exact) mass is 337 g/mol. The molecule has 0 saturated carbocycles.